The Labute approximate surface area is 118 Å². The lowest BCUT2D eigenvalue weighted by molar-refractivity contribution is 0.628. The van der Waals surface area contributed by atoms with Gasteiger partial charge in [0.15, 0.2) is 5.13 Å². The predicted molar refractivity (Wildman–Crippen MR) is 78.5 cm³/mol. The maximum absolute atomic E-state index is 13.2. The molecule has 96 valence electrons. The number of nitrogens with one attached hydrogen (secondary N) is 1. The third-order valence-corrected chi connectivity index (χ3v) is 4.04. The summed E-state index contributed by atoms with van der Waals surface area (Å²) in [5.74, 6) is 0.330. The molecule has 5 heteroatoms. The molecule has 0 bridgehead atoms. The van der Waals surface area contributed by atoms with E-state index in [0.29, 0.717) is 5.92 Å². The number of nitrogens with zero attached hydrogens (tertiary/aromatic N) is 1. The van der Waals surface area contributed by atoms with E-state index in [9.17, 15) is 4.39 Å². The number of aromatic nitrogens is 1. The Morgan fingerprint density at radius 1 is 1.44 bits per heavy atom. The smallest absolute Gasteiger partial charge is 0.183 e. The Morgan fingerprint density at radius 3 is 2.94 bits per heavy atom. The van der Waals surface area contributed by atoms with Gasteiger partial charge in [-0.1, -0.05) is 41.1 Å². The molecule has 0 saturated heterocycles. The van der Waals surface area contributed by atoms with Gasteiger partial charge in [0.2, 0.25) is 0 Å². The fourth-order valence-corrected chi connectivity index (χ4v) is 2.90. The van der Waals surface area contributed by atoms with E-state index in [1.807, 2.05) is 0 Å². The van der Waals surface area contributed by atoms with Crippen molar-refractivity contribution in [1.82, 2.24) is 4.98 Å². The maximum Gasteiger partial charge on any atom is 0.183 e. The second-order valence-corrected chi connectivity index (χ2v) is 6.31. The first kappa shape index (κ1) is 13.5. The minimum Gasteiger partial charge on any atom is -0.361 e. The molecule has 1 N–H and O–H groups in total. The highest BCUT2D eigenvalue weighted by Gasteiger charge is 2.09. The molecule has 0 radical (unpaired) electrons. The summed E-state index contributed by atoms with van der Waals surface area (Å²) in [5.41, 5.74) is 0.838. The van der Waals surface area contributed by atoms with Crippen molar-refractivity contribution in [2.24, 2.45) is 5.92 Å². The second kappa shape index (κ2) is 5.80. The summed E-state index contributed by atoms with van der Waals surface area (Å²) in [6.45, 7) is 5.17. The number of thiazole rings is 1. The number of rotatable bonds is 4. The van der Waals surface area contributed by atoms with Crippen LogP contribution in [0.4, 0.5) is 9.52 Å². The van der Waals surface area contributed by atoms with Crippen molar-refractivity contribution < 1.29 is 4.39 Å². The van der Waals surface area contributed by atoms with Crippen LogP contribution in [0.5, 0.6) is 0 Å². The van der Waals surface area contributed by atoms with E-state index in [-0.39, 0.29) is 5.82 Å². The Bertz CT molecular complexity index is 540. The van der Waals surface area contributed by atoms with E-state index >= 15 is 0 Å². The predicted octanol–water partition coefficient (Wildman–Crippen LogP) is 4.78. The number of hydrogen-bond acceptors (Lipinski definition) is 3. The molecule has 0 atom stereocenters. The van der Waals surface area contributed by atoms with Crippen LogP contribution in [0.15, 0.2) is 28.9 Å². The van der Waals surface area contributed by atoms with Crippen LogP contribution < -0.4 is 5.32 Å². The molecule has 18 heavy (non-hydrogen) atoms. The second-order valence-electron chi connectivity index (χ2n) is 4.43. The van der Waals surface area contributed by atoms with E-state index in [4.69, 9.17) is 0 Å². The molecule has 1 aromatic heterocycles. The number of hydrogen-bond donors (Lipinski definition) is 1. The van der Waals surface area contributed by atoms with Crippen molar-refractivity contribution in [3.8, 4) is 10.4 Å². The fourth-order valence-electron chi connectivity index (χ4n) is 1.46. The van der Waals surface area contributed by atoms with Gasteiger partial charge in [0.25, 0.3) is 0 Å². The van der Waals surface area contributed by atoms with Gasteiger partial charge in [-0.2, -0.15) is 0 Å². The van der Waals surface area contributed by atoms with Crippen molar-refractivity contribution in [1.29, 1.82) is 0 Å². The van der Waals surface area contributed by atoms with Crippen LogP contribution in [0.1, 0.15) is 13.8 Å². The van der Waals surface area contributed by atoms with Crippen LogP contribution in [0, 0.1) is 11.7 Å². The number of benzene rings is 1. The summed E-state index contributed by atoms with van der Waals surface area (Å²) < 4.78 is 14.1. The first-order chi connectivity index (χ1) is 8.56. The molecule has 0 aliphatic heterocycles. The van der Waals surface area contributed by atoms with Crippen LogP contribution in [0.2, 0.25) is 0 Å². The zero-order valence-electron chi connectivity index (χ0n) is 10.2. The average molecular weight is 329 g/mol. The molecule has 0 unspecified atom stereocenters. The number of halogens is 2. The minimum atomic E-state index is -0.238. The van der Waals surface area contributed by atoms with Crippen molar-refractivity contribution in [2.45, 2.75) is 13.8 Å². The standard InChI is InChI=1S/C13H14BrFN2S/c1-8(2)6-16-13-17-7-12(18-13)10-5-9(15)3-4-11(10)14/h3-5,7-8H,6H2,1-2H3,(H,16,17). The fraction of sp³-hybridized carbons (Fsp3) is 0.308. The lowest BCUT2D eigenvalue weighted by atomic mass is 10.2. The maximum atomic E-state index is 13.2. The Kier molecular flexibility index (Phi) is 4.35. The SMILES string of the molecule is CC(C)CNc1ncc(-c2cc(F)ccc2Br)s1. The highest BCUT2D eigenvalue weighted by molar-refractivity contribution is 9.10. The summed E-state index contributed by atoms with van der Waals surface area (Å²) in [4.78, 5) is 5.25. The molecule has 2 aromatic rings. The molecule has 2 rings (SSSR count). The zero-order chi connectivity index (χ0) is 13.1. The van der Waals surface area contributed by atoms with Gasteiger partial charge in [-0.15, -0.1) is 0 Å². The van der Waals surface area contributed by atoms with Crippen LogP contribution in [-0.4, -0.2) is 11.5 Å². The van der Waals surface area contributed by atoms with E-state index in [1.165, 1.54) is 23.5 Å². The monoisotopic (exact) mass is 328 g/mol. The van der Waals surface area contributed by atoms with E-state index < -0.39 is 0 Å². The summed E-state index contributed by atoms with van der Waals surface area (Å²) in [6.07, 6.45) is 1.77. The quantitative estimate of drug-likeness (QED) is 0.873. The highest BCUT2D eigenvalue weighted by Crippen LogP contribution is 2.34. The molecule has 0 saturated carbocycles. The van der Waals surface area contributed by atoms with Gasteiger partial charge >= 0.3 is 0 Å². The normalized spacial score (nSPS) is 10.9. The van der Waals surface area contributed by atoms with E-state index in [1.54, 1.807) is 12.3 Å². The molecule has 0 spiro atoms. The van der Waals surface area contributed by atoms with Crippen molar-refractivity contribution in [2.75, 3.05) is 11.9 Å². The topological polar surface area (TPSA) is 24.9 Å². The highest BCUT2D eigenvalue weighted by atomic mass is 79.9. The molecule has 0 fully saturated rings. The van der Waals surface area contributed by atoms with E-state index in [2.05, 4.69) is 40.1 Å². The van der Waals surface area contributed by atoms with Gasteiger partial charge in [0.1, 0.15) is 5.82 Å². The molecule has 1 aromatic carbocycles. The van der Waals surface area contributed by atoms with Gasteiger partial charge in [-0.3, -0.25) is 0 Å². The van der Waals surface area contributed by atoms with Crippen LogP contribution in [-0.2, 0) is 0 Å². The lowest BCUT2D eigenvalue weighted by Gasteiger charge is -2.04. The largest absolute Gasteiger partial charge is 0.361 e. The Hall–Kier alpha value is -0.940. The Balaban J connectivity index is 2.21. The summed E-state index contributed by atoms with van der Waals surface area (Å²) in [7, 11) is 0. The third kappa shape index (κ3) is 3.29. The minimum absolute atomic E-state index is 0.238. The first-order valence-corrected chi connectivity index (χ1v) is 7.32. The molecule has 0 aliphatic rings. The van der Waals surface area contributed by atoms with Crippen molar-refractivity contribution in [3.05, 3.63) is 34.7 Å². The van der Waals surface area contributed by atoms with Crippen LogP contribution in [0.3, 0.4) is 0 Å². The molecule has 2 nitrogen and oxygen atoms in total. The van der Waals surface area contributed by atoms with Crippen molar-refractivity contribution >= 4 is 32.4 Å². The summed E-state index contributed by atoms with van der Waals surface area (Å²) in [5, 5.41) is 4.14. The van der Waals surface area contributed by atoms with Gasteiger partial charge in [-0.25, -0.2) is 9.37 Å². The summed E-state index contributed by atoms with van der Waals surface area (Å²) >= 11 is 4.96. The zero-order valence-corrected chi connectivity index (χ0v) is 12.6. The van der Waals surface area contributed by atoms with E-state index in [0.717, 1.165) is 26.6 Å². The average Bonchev–Trinajstić information content (AvgIpc) is 2.78. The van der Waals surface area contributed by atoms with Gasteiger partial charge in [0, 0.05) is 22.8 Å². The van der Waals surface area contributed by atoms with Gasteiger partial charge < -0.3 is 5.32 Å². The van der Waals surface area contributed by atoms with Gasteiger partial charge in [-0.05, 0) is 24.1 Å². The van der Waals surface area contributed by atoms with Crippen molar-refractivity contribution in [3.63, 3.8) is 0 Å². The molecular weight excluding hydrogens is 315 g/mol. The summed E-state index contributed by atoms with van der Waals surface area (Å²) in [6, 6.07) is 4.67. The molecule has 1 heterocycles. The lowest BCUT2D eigenvalue weighted by Crippen LogP contribution is -2.07. The van der Waals surface area contributed by atoms with Crippen LogP contribution >= 0.6 is 27.3 Å². The number of anilines is 1. The third-order valence-electron chi connectivity index (χ3n) is 2.36. The van der Waals surface area contributed by atoms with Crippen LogP contribution in [0.25, 0.3) is 10.4 Å². The van der Waals surface area contributed by atoms with Gasteiger partial charge in [0.05, 0.1) is 4.88 Å². The molecule has 0 aliphatic carbocycles. The Morgan fingerprint density at radius 2 is 2.22 bits per heavy atom. The molecular formula is C13H14BrFN2S. The molecule has 0 amide bonds. The first-order valence-electron chi connectivity index (χ1n) is 5.71.